The van der Waals surface area contributed by atoms with E-state index in [0.29, 0.717) is 6.07 Å². The van der Waals surface area contributed by atoms with Crippen LogP contribution >= 0.6 is 0 Å². The Balaban J connectivity index is 3.90. The molecule has 0 heterocycles. The summed E-state index contributed by atoms with van der Waals surface area (Å²) in [5.41, 5.74) is -2.01. The number of benzene rings is 1. The molecule has 0 amide bonds. The Kier molecular flexibility index (Phi) is 3.57. The average Bonchev–Trinajstić information content (AvgIpc) is 2.24. The molecule has 1 rings (SSSR count). The van der Waals surface area contributed by atoms with Gasteiger partial charge in [-0.1, -0.05) is 0 Å². The molecule has 1 aromatic rings. The van der Waals surface area contributed by atoms with Crippen LogP contribution in [-0.4, -0.2) is 25.9 Å². The van der Waals surface area contributed by atoms with E-state index in [2.05, 4.69) is 10.4 Å². The van der Waals surface area contributed by atoms with Gasteiger partial charge in [0.1, 0.15) is 10.6 Å². The van der Waals surface area contributed by atoms with Crippen molar-refractivity contribution in [1.82, 2.24) is 0 Å². The van der Waals surface area contributed by atoms with Gasteiger partial charge >= 0.3 is 0 Å². The van der Waals surface area contributed by atoms with Gasteiger partial charge in [0, 0.05) is 0 Å². The van der Waals surface area contributed by atoms with Gasteiger partial charge in [0.25, 0.3) is 20.2 Å². The van der Waals surface area contributed by atoms with Crippen molar-refractivity contribution in [3.8, 4) is 0 Å². The van der Waals surface area contributed by atoms with Crippen molar-refractivity contribution in [2.45, 2.75) is 9.79 Å². The molecule has 12 heteroatoms. The standard InChI is InChI=1S/C6H4N2O8S2/c9-7-4-1-3(17(11,12)13)2-5(6(4)8-10)18(14,15)16/h1-2H,(H,11,12,13)(H,14,15,16). The number of rotatable bonds is 4. The Hall–Kier alpha value is -1.76. The fourth-order valence-corrected chi connectivity index (χ4v) is 2.34. The van der Waals surface area contributed by atoms with Crippen molar-refractivity contribution in [3.05, 3.63) is 21.9 Å². The van der Waals surface area contributed by atoms with Gasteiger partial charge in [0.2, 0.25) is 0 Å². The van der Waals surface area contributed by atoms with Gasteiger partial charge in [-0.3, -0.25) is 9.11 Å². The highest BCUT2D eigenvalue weighted by Gasteiger charge is 2.25. The first-order chi connectivity index (χ1) is 8.11. The molecule has 0 aromatic heterocycles. The van der Waals surface area contributed by atoms with E-state index >= 15 is 0 Å². The second kappa shape index (κ2) is 4.49. The van der Waals surface area contributed by atoms with Crippen LogP contribution in [-0.2, 0) is 20.2 Å². The van der Waals surface area contributed by atoms with E-state index in [-0.39, 0.29) is 6.07 Å². The van der Waals surface area contributed by atoms with Crippen LogP contribution in [0.4, 0.5) is 11.4 Å². The lowest BCUT2D eigenvalue weighted by Gasteiger charge is -2.04. The molecule has 18 heavy (non-hydrogen) atoms. The summed E-state index contributed by atoms with van der Waals surface area (Å²) in [6.45, 7) is 0. The van der Waals surface area contributed by atoms with Crippen LogP contribution in [0.2, 0.25) is 0 Å². The van der Waals surface area contributed by atoms with Crippen molar-refractivity contribution in [2.75, 3.05) is 0 Å². The second-order valence-electron chi connectivity index (χ2n) is 2.92. The van der Waals surface area contributed by atoms with E-state index in [9.17, 15) is 26.6 Å². The lowest BCUT2D eigenvalue weighted by Crippen LogP contribution is -2.03. The van der Waals surface area contributed by atoms with E-state index in [1.54, 1.807) is 0 Å². The molecule has 0 fully saturated rings. The van der Waals surface area contributed by atoms with E-state index in [1.807, 2.05) is 0 Å². The van der Waals surface area contributed by atoms with E-state index in [0.717, 1.165) is 0 Å². The molecule has 0 aliphatic carbocycles. The first-order valence-electron chi connectivity index (χ1n) is 3.91. The minimum absolute atomic E-state index is 0.274. The van der Waals surface area contributed by atoms with Crippen molar-refractivity contribution >= 4 is 31.6 Å². The second-order valence-corrected chi connectivity index (χ2v) is 5.73. The molecule has 10 nitrogen and oxygen atoms in total. The SMILES string of the molecule is O=Nc1cc(S(=O)(=O)O)cc(S(=O)(=O)O)c1N=O. The molecule has 98 valence electrons. The van der Waals surface area contributed by atoms with Crippen LogP contribution < -0.4 is 0 Å². The summed E-state index contributed by atoms with van der Waals surface area (Å²) in [5, 5.41) is 4.37. The molecule has 0 radical (unpaired) electrons. The third-order valence-electron chi connectivity index (χ3n) is 1.79. The zero-order valence-corrected chi connectivity index (χ0v) is 9.84. The molecule has 1 aromatic carbocycles. The van der Waals surface area contributed by atoms with Crippen molar-refractivity contribution in [3.63, 3.8) is 0 Å². The molecule has 0 aliphatic rings. The Morgan fingerprint density at radius 2 is 1.44 bits per heavy atom. The van der Waals surface area contributed by atoms with Gasteiger partial charge in [-0.15, -0.1) is 9.81 Å². The van der Waals surface area contributed by atoms with Gasteiger partial charge < -0.3 is 0 Å². The molecule has 2 N–H and O–H groups in total. The largest absolute Gasteiger partial charge is 0.296 e. The molecule has 0 spiro atoms. The number of hydrogen-bond acceptors (Lipinski definition) is 8. The van der Waals surface area contributed by atoms with Crippen molar-refractivity contribution < 1.29 is 25.9 Å². The highest BCUT2D eigenvalue weighted by atomic mass is 32.2. The van der Waals surface area contributed by atoms with Gasteiger partial charge in [-0.2, -0.15) is 16.8 Å². The highest BCUT2D eigenvalue weighted by molar-refractivity contribution is 7.86. The summed E-state index contributed by atoms with van der Waals surface area (Å²) in [6.07, 6.45) is 0. The number of hydrogen-bond donors (Lipinski definition) is 2. The molecule has 0 unspecified atom stereocenters. The van der Waals surface area contributed by atoms with Gasteiger partial charge in [-0.05, 0) is 22.5 Å². The van der Waals surface area contributed by atoms with E-state index in [1.165, 1.54) is 0 Å². The summed E-state index contributed by atoms with van der Waals surface area (Å²) in [6, 6.07) is 0.712. The third-order valence-corrected chi connectivity index (χ3v) is 3.49. The molecule has 0 saturated heterocycles. The Morgan fingerprint density at radius 1 is 0.889 bits per heavy atom. The highest BCUT2D eigenvalue weighted by Crippen LogP contribution is 2.37. The maximum Gasteiger partial charge on any atom is 0.296 e. The maximum absolute atomic E-state index is 10.9. The maximum atomic E-state index is 10.9. The predicted octanol–water partition coefficient (Wildman–Crippen LogP) is 0.976. The molecule has 0 saturated carbocycles. The van der Waals surface area contributed by atoms with Crippen LogP contribution in [0, 0.1) is 9.81 Å². The first kappa shape index (κ1) is 14.3. The van der Waals surface area contributed by atoms with Crippen LogP contribution in [0.1, 0.15) is 0 Å². The molecular weight excluding hydrogens is 292 g/mol. The fraction of sp³-hybridized carbons (Fsp3) is 0. The smallest absolute Gasteiger partial charge is 0.282 e. The topological polar surface area (TPSA) is 168 Å². The normalized spacial score (nSPS) is 12.1. The minimum Gasteiger partial charge on any atom is -0.282 e. The summed E-state index contributed by atoms with van der Waals surface area (Å²) in [5.74, 6) is 0. The quantitative estimate of drug-likeness (QED) is 0.611. The number of nitroso groups, excluding NO2 is 2. The average molecular weight is 296 g/mol. The zero-order valence-electron chi connectivity index (χ0n) is 8.21. The summed E-state index contributed by atoms with van der Waals surface area (Å²) in [4.78, 5) is 18.4. The summed E-state index contributed by atoms with van der Waals surface area (Å²) >= 11 is 0. The lowest BCUT2D eigenvalue weighted by molar-refractivity contribution is 0.481. The molecule has 0 aliphatic heterocycles. The zero-order chi connectivity index (χ0) is 14.1. The van der Waals surface area contributed by atoms with Gasteiger partial charge in [0.05, 0.1) is 4.90 Å². The van der Waals surface area contributed by atoms with Crippen LogP contribution in [0.5, 0.6) is 0 Å². The monoisotopic (exact) mass is 296 g/mol. The molecule has 0 bridgehead atoms. The Morgan fingerprint density at radius 3 is 1.78 bits per heavy atom. The van der Waals surface area contributed by atoms with Gasteiger partial charge in [-0.25, -0.2) is 0 Å². The van der Waals surface area contributed by atoms with E-state index in [4.69, 9.17) is 9.11 Å². The minimum atomic E-state index is -5.03. The summed E-state index contributed by atoms with van der Waals surface area (Å²) < 4.78 is 60.9. The molecular formula is C6H4N2O8S2. The van der Waals surface area contributed by atoms with Crippen LogP contribution in [0.3, 0.4) is 0 Å². The first-order valence-corrected chi connectivity index (χ1v) is 6.79. The predicted molar refractivity (Wildman–Crippen MR) is 57.0 cm³/mol. The van der Waals surface area contributed by atoms with E-state index < -0.39 is 41.4 Å². The van der Waals surface area contributed by atoms with Crippen molar-refractivity contribution in [2.24, 2.45) is 10.4 Å². The number of nitrogens with zero attached hydrogens (tertiary/aromatic N) is 2. The Bertz CT molecular complexity index is 720. The Labute approximate surface area is 100 Å². The molecule has 0 atom stereocenters. The lowest BCUT2D eigenvalue weighted by atomic mass is 10.3. The van der Waals surface area contributed by atoms with Crippen LogP contribution in [0.25, 0.3) is 0 Å². The van der Waals surface area contributed by atoms with Crippen LogP contribution in [0.15, 0.2) is 32.3 Å². The van der Waals surface area contributed by atoms with Gasteiger partial charge in [0.15, 0.2) is 5.69 Å². The third kappa shape index (κ3) is 2.73. The fourth-order valence-electron chi connectivity index (χ4n) is 1.08. The summed E-state index contributed by atoms with van der Waals surface area (Å²) in [7, 11) is -9.89. The van der Waals surface area contributed by atoms with Crippen molar-refractivity contribution in [1.29, 1.82) is 0 Å².